The zero-order chi connectivity index (χ0) is 22.4. The van der Waals surface area contributed by atoms with Gasteiger partial charge >= 0.3 is 0 Å². The molecule has 8 nitrogen and oxygen atoms in total. The number of sulfonamides is 1. The first-order valence-electron chi connectivity index (χ1n) is 11.9. The Bertz CT molecular complexity index is 872. The van der Waals surface area contributed by atoms with E-state index in [9.17, 15) is 13.2 Å². The van der Waals surface area contributed by atoms with Crippen molar-refractivity contribution >= 4 is 27.3 Å². The normalized spacial score (nSPS) is 23.1. The second kappa shape index (κ2) is 11.0. The van der Waals surface area contributed by atoms with Crippen LogP contribution >= 0.6 is 0 Å². The van der Waals surface area contributed by atoms with Crippen molar-refractivity contribution in [3.8, 4) is 0 Å². The summed E-state index contributed by atoms with van der Waals surface area (Å²) in [6, 6.07) is 5.16. The summed E-state index contributed by atoms with van der Waals surface area (Å²) in [5.41, 5.74) is 1.48. The molecule has 178 valence electrons. The number of hydrogen-bond donors (Lipinski definition) is 1. The maximum atomic E-state index is 13.2. The Morgan fingerprint density at radius 2 is 1.75 bits per heavy atom. The van der Waals surface area contributed by atoms with E-state index in [1.165, 1.54) is 17.1 Å². The summed E-state index contributed by atoms with van der Waals surface area (Å²) in [7, 11) is -3.64. The fraction of sp³-hybridized carbons (Fsp3) is 0.696. The van der Waals surface area contributed by atoms with Crippen molar-refractivity contribution in [1.82, 2.24) is 4.31 Å². The van der Waals surface area contributed by atoms with Crippen LogP contribution < -0.4 is 10.2 Å². The first-order valence-corrected chi connectivity index (χ1v) is 13.4. The lowest BCUT2D eigenvalue weighted by atomic mass is 10.1. The number of morpholine rings is 1. The third-order valence-corrected chi connectivity index (χ3v) is 8.41. The Balaban J connectivity index is 1.55. The van der Waals surface area contributed by atoms with Gasteiger partial charge < -0.3 is 19.7 Å². The Hall–Kier alpha value is -1.68. The quantitative estimate of drug-likeness (QED) is 0.666. The molecule has 1 aromatic carbocycles. The summed E-state index contributed by atoms with van der Waals surface area (Å²) in [6.07, 6.45) is 7.85. The topological polar surface area (TPSA) is 88.2 Å². The van der Waals surface area contributed by atoms with Crippen molar-refractivity contribution in [3.05, 3.63) is 18.2 Å². The highest BCUT2D eigenvalue weighted by atomic mass is 32.2. The van der Waals surface area contributed by atoms with Gasteiger partial charge in [-0.3, -0.25) is 4.79 Å². The summed E-state index contributed by atoms with van der Waals surface area (Å²) in [5.74, 6) is -0.0995. The molecule has 1 unspecified atom stereocenters. The molecule has 1 aromatic rings. The van der Waals surface area contributed by atoms with Gasteiger partial charge in [0.1, 0.15) is 0 Å². The summed E-state index contributed by atoms with van der Waals surface area (Å²) in [6.45, 7) is 4.09. The van der Waals surface area contributed by atoms with Crippen molar-refractivity contribution in [3.63, 3.8) is 0 Å². The van der Waals surface area contributed by atoms with Crippen LogP contribution in [0.2, 0.25) is 0 Å². The van der Waals surface area contributed by atoms with Crippen LogP contribution in [0.4, 0.5) is 11.4 Å². The van der Waals surface area contributed by atoms with Crippen LogP contribution in [-0.2, 0) is 24.3 Å². The van der Waals surface area contributed by atoms with Crippen LogP contribution in [0.25, 0.3) is 0 Å². The van der Waals surface area contributed by atoms with Crippen LogP contribution in [-0.4, -0.2) is 70.7 Å². The molecule has 3 aliphatic heterocycles. The first kappa shape index (κ1) is 23.5. The minimum absolute atomic E-state index is 0.0995. The van der Waals surface area contributed by atoms with Gasteiger partial charge in [-0.2, -0.15) is 4.31 Å². The zero-order valence-electron chi connectivity index (χ0n) is 18.8. The summed E-state index contributed by atoms with van der Waals surface area (Å²) in [4.78, 5) is 15.3. The number of ether oxygens (including phenoxy) is 2. The van der Waals surface area contributed by atoms with Gasteiger partial charge in [0.15, 0.2) is 0 Å². The Labute approximate surface area is 191 Å². The minimum Gasteiger partial charge on any atom is -0.379 e. The van der Waals surface area contributed by atoms with Gasteiger partial charge in [0.05, 0.1) is 35.6 Å². The molecule has 1 atom stereocenters. The highest BCUT2D eigenvalue weighted by Gasteiger charge is 2.28. The molecule has 32 heavy (non-hydrogen) atoms. The maximum absolute atomic E-state index is 13.2. The number of nitrogens with zero attached hydrogens (tertiary/aromatic N) is 2. The van der Waals surface area contributed by atoms with Crippen molar-refractivity contribution in [2.45, 2.75) is 62.4 Å². The van der Waals surface area contributed by atoms with Gasteiger partial charge in [0.2, 0.25) is 15.9 Å². The van der Waals surface area contributed by atoms with E-state index in [0.717, 1.165) is 51.1 Å². The van der Waals surface area contributed by atoms with Crippen molar-refractivity contribution in [2.24, 2.45) is 0 Å². The lowest BCUT2D eigenvalue weighted by Gasteiger charge is -2.28. The molecule has 0 bridgehead atoms. The van der Waals surface area contributed by atoms with E-state index < -0.39 is 10.0 Å². The van der Waals surface area contributed by atoms with Gasteiger partial charge in [-0.05, 0) is 50.3 Å². The number of anilines is 2. The molecule has 4 rings (SSSR count). The van der Waals surface area contributed by atoms with E-state index >= 15 is 0 Å². The van der Waals surface area contributed by atoms with Gasteiger partial charge in [0.25, 0.3) is 0 Å². The molecule has 0 aromatic heterocycles. The number of benzene rings is 1. The summed E-state index contributed by atoms with van der Waals surface area (Å²) in [5, 5.41) is 3.02. The average Bonchev–Trinajstić information content (AvgIpc) is 3.19. The molecule has 3 heterocycles. The number of rotatable bonds is 7. The molecule has 1 N–H and O–H groups in total. The third kappa shape index (κ3) is 5.81. The zero-order valence-corrected chi connectivity index (χ0v) is 19.6. The fourth-order valence-corrected chi connectivity index (χ4v) is 6.11. The highest BCUT2D eigenvalue weighted by molar-refractivity contribution is 7.89. The molecule has 3 saturated heterocycles. The highest BCUT2D eigenvalue weighted by Crippen LogP contribution is 2.32. The summed E-state index contributed by atoms with van der Waals surface area (Å²) >= 11 is 0. The van der Waals surface area contributed by atoms with Gasteiger partial charge in [-0.25, -0.2) is 8.42 Å². The lowest BCUT2D eigenvalue weighted by molar-refractivity contribution is -0.116. The molecule has 0 saturated carbocycles. The van der Waals surface area contributed by atoms with Gasteiger partial charge in [0, 0.05) is 39.2 Å². The number of nitrogens with one attached hydrogen (secondary N) is 1. The van der Waals surface area contributed by atoms with Crippen LogP contribution in [0, 0.1) is 0 Å². The third-order valence-electron chi connectivity index (χ3n) is 6.51. The maximum Gasteiger partial charge on any atom is 0.243 e. The van der Waals surface area contributed by atoms with Gasteiger partial charge in [-0.15, -0.1) is 0 Å². The number of hydrogen-bond acceptors (Lipinski definition) is 6. The smallest absolute Gasteiger partial charge is 0.243 e. The largest absolute Gasteiger partial charge is 0.379 e. The Kier molecular flexibility index (Phi) is 8.04. The Morgan fingerprint density at radius 3 is 2.44 bits per heavy atom. The molecule has 0 aliphatic carbocycles. The number of carbonyl (C=O) groups is 1. The van der Waals surface area contributed by atoms with Crippen molar-refractivity contribution in [1.29, 1.82) is 0 Å². The molecule has 0 radical (unpaired) electrons. The number of carbonyl (C=O) groups excluding carboxylic acids is 1. The van der Waals surface area contributed by atoms with Crippen molar-refractivity contribution in [2.75, 3.05) is 56.2 Å². The van der Waals surface area contributed by atoms with Crippen molar-refractivity contribution < 1.29 is 22.7 Å². The molecular formula is C23H35N3O5S. The van der Waals surface area contributed by atoms with E-state index in [2.05, 4.69) is 10.2 Å². The predicted molar refractivity (Wildman–Crippen MR) is 124 cm³/mol. The van der Waals surface area contributed by atoms with E-state index in [1.54, 1.807) is 12.1 Å². The molecular weight excluding hydrogens is 430 g/mol. The van der Waals surface area contributed by atoms with Crippen LogP contribution in [0.15, 0.2) is 23.1 Å². The SMILES string of the molecule is O=C(CCC1CCCO1)Nc1cc(S(=O)(=O)N2CCOCC2)ccc1N1CCCCCC1. The first-order chi connectivity index (χ1) is 15.5. The lowest BCUT2D eigenvalue weighted by Crippen LogP contribution is -2.40. The Morgan fingerprint density at radius 1 is 1.00 bits per heavy atom. The predicted octanol–water partition coefficient (Wildman–Crippen LogP) is 2.99. The van der Waals surface area contributed by atoms with E-state index in [0.29, 0.717) is 44.8 Å². The minimum atomic E-state index is -3.64. The van der Waals surface area contributed by atoms with Crippen LogP contribution in [0.1, 0.15) is 51.4 Å². The van der Waals surface area contributed by atoms with Crippen LogP contribution in [0.5, 0.6) is 0 Å². The number of amides is 1. The fourth-order valence-electron chi connectivity index (χ4n) is 4.68. The average molecular weight is 466 g/mol. The second-order valence-electron chi connectivity index (χ2n) is 8.82. The summed E-state index contributed by atoms with van der Waals surface area (Å²) < 4.78 is 38.8. The van der Waals surface area contributed by atoms with Gasteiger partial charge in [-0.1, -0.05) is 12.8 Å². The molecule has 3 fully saturated rings. The monoisotopic (exact) mass is 465 g/mol. The molecule has 3 aliphatic rings. The molecule has 0 spiro atoms. The standard InChI is InChI=1S/C23H35N3O5S/c27-23(10-7-19-6-5-15-31-19)24-21-18-20(32(28,29)26-13-16-30-17-14-26)8-9-22(21)25-11-3-1-2-4-12-25/h8-9,18-19H,1-7,10-17H2,(H,24,27). The van der Waals surface area contributed by atoms with E-state index in [4.69, 9.17) is 9.47 Å². The second-order valence-corrected chi connectivity index (χ2v) is 10.8. The van der Waals surface area contributed by atoms with E-state index in [-0.39, 0.29) is 16.9 Å². The molecule has 1 amide bonds. The van der Waals surface area contributed by atoms with Crippen LogP contribution in [0.3, 0.4) is 0 Å². The molecule has 9 heteroatoms. The van der Waals surface area contributed by atoms with E-state index in [1.807, 2.05) is 6.07 Å².